The van der Waals surface area contributed by atoms with Gasteiger partial charge >= 0.3 is 0 Å². The van der Waals surface area contributed by atoms with Crippen molar-refractivity contribution in [2.45, 2.75) is 25.8 Å². The third kappa shape index (κ3) is 4.15. The Labute approximate surface area is 124 Å². The van der Waals surface area contributed by atoms with Crippen LogP contribution in [0.2, 0.25) is 0 Å². The Hall–Kier alpha value is -1.67. The van der Waals surface area contributed by atoms with E-state index >= 15 is 0 Å². The molecule has 0 unspecified atom stereocenters. The zero-order valence-corrected chi connectivity index (χ0v) is 12.9. The summed E-state index contributed by atoms with van der Waals surface area (Å²) in [5, 5.41) is 10.8. The number of nitro benzene ring substituents is 1. The average molecular weight is 313 g/mol. The van der Waals surface area contributed by atoms with Crippen molar-refractivity contribution in [2.24, 2.45) is 0 Å². The number of nitro groups is 1. The van der Waals surface area contributed by atoms with Crippen molar-refractivity contribution in [3.05, 3.63) is 33.9 Å². The van der Waals surface area contributed by atoms with Gasteiger partial charge in [-0.1, -0.05) is 0 Å². The number of piperidine rings is 1. The molecular weight excluding hydrogens is 294 g/mol. The summed E-state index contributed by atoms with van der Waals surface area (Å²) in [7, 11) is -3.17. The Kier molecular flexibility index (Phi) is 4.48. The molecule has 1 heterocycles. The van der Waals surface area contributed by atoms with Gasteiger partial charge in [0.05, 0.1) is 11.2 Å². The molecule has 0 radical (unpaired) electrons. The largest absolute Gasteiger partial charge is 0.371 e. The molecule has 0 spiro atoms. The lowest BCUT2D eigenvalue weighted by atomic mass is 10.0. The van der Waals surface area contributed by atoms with Crippen LogP contribution in [0, 0.1) is 17.0 Å². The molecule has 0 bridgehead atoms. The van der Waals surface area contributed by atoms with Gasteiger partial charge in [-0.15, -0.1) is 0 Å². The Bertz CT molecular complexity index is 637. The van der Waals surface area contributed by atoms with E-state index in [9.17, 15) is 18.5 Å². The van der Waals surface area contributed by atoms with Crippen molar-refractivity contribution >= 4 is 21.4 Å². The van der Waals surface area contributed by atoms with E-state index in [0.29, 0.717) is 5.56 Å². The third-order valence-corrected chi connectivity index (χ3v) is 4.38. The predicted octanol–water partition coefficient (Wildman–Crippen LogP) is 1.42. The maximum Gasteiger partial charge on any atom is 0.272 e. The lowest BCUT2D eigenvalue weighted by Crippen LogP contribution is -2.44. The van der Waals surface area contributed by atoms with E-state index in [2.05, 4.69) is 9.62 Å². The second-order valence-electron chi connectivity index (χ2n) is 5.38. The first kappa shape index (κ1) is 15.7. The van der Waals surface area contributed by atoms with Crippen LogP contribution in [0.15, 0.2) is 18.2 Å². The van der Waals surface area contributed by atoms with E-state index < -0.39 is 10.0 Å². The maximum absolute atomic E-state index is 11.2. The van der Waals surface area contributed by atoms with Gasteiger partial charge in [-0.25, -0.2) is 13.1 Å². The summed E-state index contributed by atoms with van der Waals surface area (Å²) in [5.41, 5.74) is 1.69. The summed E-state index contributed by atoms with van der Waals surface area (Å²) >= 11 is 0. The second kappa shape index (κ2) is 5.98. The van der Waals surface area contributed by atoms with Crippen molar-refractivity contribution in [3.63, 3.8) is 0 Å². The van der Waals surface area contributed by atoms with Crippen LogP contribution in [-0.2, 0) is 10.0 Å². The van der Waals surface area contributed by atoms with E-state index in [1.807, 2.05) is 6.07 Å². The number of sulfonamides is 1. The molecule has 0 saturated carbocycles. The van der Waals surface area contributed by atoms with Crippen LogP contribution in [0.1, 0.15) is 18.4 Å². The molecule has 1 aliphatic heterocycles. The highest BCUT2D eigenvalue weighted by atomic mass is 32.2. The first-order valence-electron chi connectivity index (χ1n) is 6.73. The Morgan fingerprint density at radius 2 is 1.95 bits per heavy atom. The molecule has 21 heavy (non-hydrogen) atoms. The standard InChI is InChI=1S/C13H19N3O4S/c1-10-9-12(3-4-13(10)16(17)18)15-7-5-11(6-8-15)14-21(2,19)20/h3-4,9,11,14H,5-8H2,1-2H3. The topological polar surface area (TPSA) is 92.6 Å². The van der Waals surface area contributed by atoms with Gasteiger partial charge in [0, 0.05) is 36.4 Å². The monoisotopic (exact) mass is 313 g/mol. The first-order valence-corrected chi connectivity index (χ1v) is 8.63. The molecule has 7 nitrogen and oxygen atoms in total. The van der Waals surface area contributed by atoms with Gasteiger partial charge in [-0.05, 0) is 31.9 Å². The molecule has 1 fully saturated rings. The highest BCUT2D eigenvalue weighted by Crippen LogP contribution is 2.26. The first-order chi connectivity index (χ1) is 9.76. The maximum atomic E-state index is 11.2. The Morgan fingerprint density at radius 3 is 2.43 bits per heavy atom. The van der Waals surface area contributed by atoms with Gasteiger partial charge in [-0.2, -0.15) is 0 Å². The summed E-state index contributed by atoms with van der Waals surface area (Å²) in [6.45, 7) is 3.18. The summed E-state index contributed by atoms with van der Waals surface area (Å²) in [4.78, 5) is 12.5. The number of hydrogen-bond donors (Lipinski definition) is 1. The molecule has 1 aliphatic rings. The summed E-state index contributed by atoms with van der Waals surface area (Å²) in [5.74, 6) is 0. The van der Waals surface area contributed by atoms with Crippen molar-refractivity contribution in [1.82, 2.24) is 4.72 Å². The van der Waals surface area contributed by atoms with Crippen LogP contribution in [0.4, 0.5) is 11.4 Å². The van der Waals surface area contributed by atoms with Gasteiger partial charge in [0.1, 0.15) is 0 Å². The van der Waals surface area contributed by atoms with E-state index in [1.165, 1.54) is 12.3 Å². The number of nitrogens with one attached hydrogen (secondary N) is 1. The summed E-state index contributed by atoms with van der Waals surface area (Å²) in [6.07, 6.45) is 2.62. The highest BCUT2D eigenvalue weighted by Gasteiger charge is 2.22. The highest BCUT2D eigenvalue weighted by molar-refractivity contribution is 7.88. The average Bonchev–Trinajstić information content (AvgIpc) is 2.37. The molecule has 8 heteroatoms. The fourth-order valence-electron chi connectivity index (χ4n) is 2.60. The number of rotatable bonds is 4. The minimum Gasteiger partial charge on any atom is -0.371 e. The molecule has 0 atom stereocenters. The van der Waals surface area contributed by atoms with Gasteiger partial charge in [0.2, 0.25) is 10.0 Å². The number of anilines is 1. The van der Waals surface area contributed by atoms with Crippen LogP contribution >= 0.6 is 0 Å². The number of hydrogen-bond acceptors (Lipinski definition) is 5. The zero-order valence-electron chi connectivity index (χ0n) is 12.1. The lowest BCUT2D eigenvalue weighted by Gasteiger charge is -2.33. The fraction of sp³-hybridized carbons (Fsp3) is 0.538. The summed E-state index contributed by atoms with van der Waals surface area (Å²) < 4.78 is 25.0. The van der Waals surface area contributed by atoms with Crippen molar-refractivity contribution in [2.75, 3.05) is 24.2 Å². The summed E-state index contributed by atoms with van der Waals surface area (Å²) in [6, 6.07) is 5.04. The Balaban J connectivity index is 2.02. The molecule has 116 valence electrons. The van der Waals surface area contributed by atoms with Crippen molar-refractivity contribution in [3.8, 4) is 0 Å². The van der Waals surface area contributed by atoms with E-state index in [-0.39, 0.29) is 16.7 Å². The molecule has 0 aliphatic carbocycles. The van der Waals surface area contributed by atoms with Gasteiger partial charge in [0.15, 0.2) is 0 Å². The molecule has 1 aromatic carbocycles. The number of nitrogens with zero attached hydrogens (tertiary/aromatic N) is 2. The predicted molar refractivity (Wildman–Crippen MR) is 81.0 cm³/mol. The normalized spacial score (nSPS) is 17.0. The van der Waals surface area contributed by atoms with Crippen LogP contribution < -0.4 is 9.62 Å². The van der Waals surface area contributed by atoms with Gasteiger partial charge in [-0.3, -0.25) is 10.1 Å². The lowest BCUT2D eigenvalue weighted by molar-refractivity contribution is -0.385. The quantitative estimate of drug-likeness (QED) is 0.670. The Morgan fingerprint density at radius 1 is 1.33 bits per heavy atom. The van der Waals surface area contributed by atoms with E-state index in [4.69, 9.17) is 0 Å². The van der Waals surface area contributed by atoms with E-state index in [1.54, 1.807) is 13.0 Å². The molecular formula is C13H19N3O4S. The molecule has 1 saturated heterocycles. The van der Waals surface area contributed by atoms with Gasteiger partial charge in [0.25, 0.3) is 5.69 Å². The van der Waals surface area contributed by atoms with Crippen molar-refractivity contribution < 1.29 is 13.3 Å². The third-order valence-electron chi connectivity index (χ3n) is 3.62. The minimum absolute atomic E-state index is 0.0320. The smallest absolute Gasteiger partial charge is 0.272 e. The SMILES string of the molecule is Cc1cc(N2CCC(NS(C)(=O)=O)CC2)ccc1[N+](=O)[O-]. The van der Waals surface area contributed by atoms with Crippen LogP contribution in [0.5, 0.6) is 0 Å². The molecule has 0 amide bonds. The number of benzene rings is 1. The fourth-order valence-corrected chi connectivity index (χ4v) is 3.44. The minimum atomic E-state index is -3.17. The van der Waals surface area contributed by atoms with Crippen LogP contribution in [0.3, 0.4) is 0 Å². The molecule has 2 rings (SSSR count). The van der Waals surface area contributed by atoms with Gasteiger partial charge < -0.3 is 4.90 Å². The van der Waals surface area contributed by atoms with Crippen LogP contribution in [0.25, 0.3) is 0 Å². The van der Waals surface area contributed by atoms with Crippen molar-refractivity contribution in [1.29, 1.82) is 0 Å². The molecule has 0 aromatic heterocycles. The second-order valence-corrected chi connectivity index (χ2v) is 7.16. The number of aryl methyl sites for hydroxylation is 1. The van der Waals surface area contributed by atoms with E-state index in [0.717, 1.165) is 31.6 Å². The molecule has 1 aromatic rings. The zero-order chi connectivity index (χ0) is 15.6. The van der Waals surface area contributed by atoms with Crippen LogP contribution in [-0.4, -0.2) is 38.7 Å². The molecule has 1 N–H and O–H groups in total.